The van der Waals surface area contributed by atoms with E-state index in [-0.39, 0.29) is 5.78 Å². The molecule has 2 rings (SSSR count). The number of rotatable bonds is 4. The summed E-state index contributed by atoms with van der Waals surface area (Å²) in [5.41, 5.74) is 0.933. The van der Waals surface area contributed by atoms with E-state index >= 15 is 0 Å². The quantitative estimate of drug-likeness (QED) is 0.812. The highest BCUT2D eigenvalue weighted by atomic mass is 79.9. The summed E-state index contributed by atoms with van der Waals surface area (Å²) in [4.78, 5) is 16.4. The molecule has 0 N–H and O–H groups in total. The van der Waals surface area contributed by atoms with Gasteiger partial charge in [-0.3, -0.25) is 9.78 Å². The van der Waals surface area contributed by atoms with E-state index in [4.69, 9.17) is 9.47 Å². The van der Waals surface area contributed by atoms with Crippen molar-refractivity contribution in [2.75, 3.05) is 14.2 Å². The van der Waals surface area contributed by atoms with Crippen molar-refractivity contribution in [1.82, 2.24) is 4.98 Å². The van der Waals surface area contributed by atoms with Gasteiger partial charge in [0.05, 0.1) is 19.8 Å². The molecule has 0 bridgehead atoms. The zero-order valence-electron chi connectivity index (χ0n) is 10.5. The lowest BCUT2D eigenvalue weighted by molar-refractivity contribution is 0.103. The summed E-state index contributed by atoms with van der Waals surface area (Å²) in [6.45, 7) is 0. The van der Waals surface area contributed by atoms with Gasteiger partial charge in [-0.05, 0) is 40.2 Å². The van der Waals surface area contributed by atoms with Crippen molar-refractivity contribution in [3.63, 3.8) is 0 Å². The second-order valence-electron chi connectivity index (χ2n) is 3.79. The highest BCUT2D eigenvalue weighted by molar-refractivity contribution is 9.10. The number of nitrogens with zero attached hydrogens (tertiary/aromatic N) is 1. The zero-order valence-corrected chi connectivity index (χ0v) is 12.1. The molecule has 19 heavy (non-hydrogen) atoms. The Kier molecular flexibility index (Phi) is 4.16. The van der Waals surface area contributed by atoms with Crippen LogP contribution in [0.1, 0.15) is 15.9 Å². The molecule has 0 aliphatic rings. The van der Waals surface area contributed by atoms with Gasteiger partial charge in [0.1, 0.15) is 11.5 Å². The van der Waals surface area contributed by atoms with Gasteiger partial charge in [0.15, 0.2) is 5.78 Å². The summed E-state index contributed by atoms with van der Waals surface area (Å²) >= 11 is 3.30. The maximum absolute atomic E-state index is 12.5. The number of carbonyl (C=O) groups is 1. The number of methoxy groups -OCH3 is 2. The zero-order chi connectivity index (χ0) is 13.8. The van der Waals surface area contributed by atoms with Crippen molar-refractivity contribution in [3.8, 4) is 11.5 Å². The Morgan fingerprint density at radius 2 is 1.95 bits per heavy atom. The molecule has 1 heterocycles. The molecular weight excluding hydrogens is 310 g/mol. The molecule has 1 aromatic heterocycles. The van der Waals surface area contributed by atoms with Crippen LogP contribution in [0.5, 0.6) is 11.5 Å². The number of aromatic nitrogens is 1. The van der Waals surface area contributed by atoms with E-state index in [2.05, 4.69) is 20.9 Å². The number of hydrogen-bond donors (Lipinski definition) is 0. The number of ether oxygens (including phenoxy) is 2. The topological polar surface area (TPSA) is 48.4 Å². The van der Waals surface area contributed by atoms with Gasteiger partial charge >= 0.3 is 0 Å². The maximum atomic E-state index is 12.5. The average molecular weight is 322 g/mol. The molecule has 2 aromatic rings. The van der Waals surface area contributed by atoms with Crippen LogP contribution >= 0.6 is 15.9 Å². The minimum atomic E-state index is -0.162. The number of ketones is 1. The minimum absolute atomic E-state index is 0.162. The molecule has 1 aromatic carbocycles. The van der Waals surface area contributed by atoms with Gasteiger partial charge in [-0.1, -0.05) is 0 Å². The molecule has 0 radical (unpaired) electrons. The Morgan fingerprint density at radius 1 is 1.16 bits per heavy atom. The summed E-state index contributed by atoms with van der Waals surface area (Å²) in [5, 5.41) is 0. The summed E-state index contributed by atoms with van der Waals surface area (Å²) in [5.74, 6) is 0.947. The van der Waals surface area contributed by atoms with Crippen LogP contribution in [0.25, 0.3) is 0 Å². The molecule has 0 amide bonds. The summed E-state index contributed by atoms with van der Waals surface area (Å²) in [6.07, 6.45) is 3.14. The fourth-order valence-corrected chi connectivity index (χ4v) is 2.05. The predicted molar refractivity (Wildman–Crippen MR) is 74.9 cm³/mol. The van der Waals surface area contributed by atoms with Crippen molar-refractivity contribution in [2.24, 2.45) is 0 Å². The second-order valence-corrected chi connectivity index (χ2v) is 4.70. The number of carbonyl (C=O) groups excluding carboxylic acids is 1. The van der Waals surface area contributed by atoms with Crippen molar-refractivity contribution in [2.45, 2.75) is 0 Å². The Labute approximate surface area is 119 Å². The van der Waals surface area contributed by atoms with Crippen LogP contribution < -0.4 is 9.47 Å². The monoisotopic (exact) mass is 321 g/mol. The van der Waals surface area contributed by atoms with E-state index in [1.165, 1.54) is 13.3 Å². The Bertz CT molecular complexity index is 613. The molecule has 4 nitrogen and oxygen atoms in total. The smallest absolute Gasteiger partial charge is 0.198 e. The van der Waals surface area contributed by atoms with Crippen LogP contribution in [0.15, 0.2) is 41.1 Å². The molecule has 0 saturated heterocycles. The lowest BCUT2D eigenvalue weighted by Crippen LogP contribution is -2.05. The third kappa shape index (κ3) is 2.93. The maximum Gasteiger partial charge on any atom is 0.198 e. The predicted octanol–water partition coefficient (Wildman–Crippen LogP) is 3.09. The van der Waals surface area contributed by atoms with Crippen molar-refractivity contribution >= 4 is 21.7 Å². The molecule has 0 unspecified atom stereocenters. The molecule has 98 valence electrons. The van der Waals surface area contributed by atoms with Gasteiger partial charge in [0.25, 0.3) is 0 Å². The Hall–Kier alpha value is -1.88. The largest absolute Gasteiger partial charge is 0.497 e. The van der Waals surface area contributed by atoms with Crippen LogP contribution in [-0.4, -0.2) is 25.0 Å². The fraction of sp³-hybridized carbons (Fsp3) is 0.143. The standard InChI is InChI=1S/C14H12BrNO3/c1-18-11-3-4-13(19-2)12(6-11)14(17)9-5-10(15)8-16-7-9/h3-8H,1-2H3. The lowest BCUT2D eigenvalue weighted by atomic mass is 10.0. The van der Waals surface area contributed by atoms with Crippen LogP contribution in [-0.2, 0) is 0 Å². The van der Waals surface area contributed by atoms with E-state index in [9.17, 15) is 4.79 Å². The SMILES string of the molecule is COc1ccc(OC)c(C(=O)c2cncc(Br)c2)c1. The van der Waals surface area contributed by atoms with E-state index in [1.807, 2.05) is 0 Å². The number of hydrogen-bond acceptors (Lipinski definition) is 4. The lowest BCUT2D eigenvalue weighted by Gasteiger charge is -2.09. The van der Waals surface area contributed by atoms with Gasteiger partial charge in [-0.25, -0.2) is 0 Å². The Balaban J connectivity index is 2.48. The van der Waals surface area contributed by atoms with Crippen molar-refractivity contribution < 1.29 is 14.3 Å². The highest BCUT2D eigenvalue weighted by Gasteiger charge is 2.16. The highest BCUT2D eigenvalue weighted by Crippen LogP contribution is 2.26. The van der Waals surface area contributed by atoms with E-state index in [0.29, 0.717) is 22.6 Å². The number of halogens is 1. The first-order valence-electron chi connectivity index (χ1n) is 5.53. The molecule has 0 saturated carbocycles. The average Bonchev–Trinajstić information content (AvgIpc) is 2.45. The van der Waals surface area contributed by atoms with Gasteiger partial charge in [-0.2, -0.15) is 0 Å². The summed E-state index contributed by atoms with van der Waals surface area (Å²) in [7, 11) is 3.08. The van der Waals surface area contributed by atoms with Gasteiger partial charge in [-0.15, -0.1) is 0 Å². The second kappa shape index (κ2) is 5.84. The molecule has 0 spiro atoms. The van der Waals surface area contributed by atoms with Crippen LogP contribution in [0.3, 0.4) is 0 Å². The number of benzene rings is 1. The molecule has 0 aliphatic heterocycles. The van der Waals surface area contributed by atoms with E-state index in [1.54, 1.807) is 37.6 Å². The first kappa shape index (κ1) is 13.5. The fourth-order valence-electron chi connectivity index (χ4n) is 1.68. The van der Waals surface area contributed by atoms with Crippen molar-refractivity contribution in [1.29, 1.82) is 0 Å². The molecule has 0 aliphatic carbocycles. The summed E-state index contributed by atoms with van der Waals surface area (Å²) < 4.78 is 11.1. The molecule has 0 atom stereocenters. The van der Waals surface area contributed by atoms with Gasteiger partial charge in [0, 0.05) is 22.4 Å². The van der Waals surface area contributed by atoms with Crippen LogP contribution in [0.2, 0.25) is 0 Å². The van der Waals surface area contributed by atoms with Crippen LogP contribution in [0.4, 0.5) is 0 Å². The Morgan fingerprint density at radius 3 is 2.58 bits per heavy atom. The first-order valence-corrected chi connectivity index (χ1v) is 6.32. The van der Waals surface area contributed by atoms with Gasteiger partial charge in [0.2, 0.25) is 0 Å². The first-order chi connectivity index (χ1) is 9.15. The number of pyridine rings is 1. The van der Waals surface area contributed by atoms with Gasteiger partial charge < -0.3 is 9.47 Å². The normalized spacial score (nSPS) is 10.1. The molecule has 0 fully saturated rings. The van der Waals surface area contributed by atoms with E-state index < -0.39 is 0 Å². The molecule has 5 heteroatoms. The third-order valence-electron chi connectivity index (χ3n) is 2.62. The van der Waals surface area contributed by atoms with Crippen LogP contribution in [0, 0.1) is 0 Å². The minimum Gasteiger partial charge on any atom is -0.497 e. The molecular formula is C14H12BrNO3. The summed E-state index contributed by atoms with van der Waals surface area (Å²) in [6, 6.07) is 6.82. The third-order valence-corrected chi connectivity index (χ3v) is 3.05. The van der Waals surface area contributed by atoms with E-state index in [0.717, 1.165) is 4.47 Å². The van der Waals surface area contributed by atoms with Crippen molar-refractivity contribution in [3.05, 3.63) is 52.3 Å².